The Balaban J connectivity index is 1.23. The van der Waals surface area contributed by atoms with Gasteiger partial charge >= 0.3 is 6.03 Å². The molecule has 2 aliphatic heterocycles. The summed E-state index contributed by atoms with van der Waals surface area (Å²) in [5, 5.41) is 3.08. The molecule has 31 heavy (non-hydrogen) atoms. The van der Waals surface area contributed by atoms with Crippen LogP contribution in [0, 0.1) is 12.8 Å². The van der Waals surface area contributed by atoms with Crippen molar-refractivity contribution in [3.8, 4) is 0 Å². The average molecular weight is 419 g/mol. The minimum Gasteiger partial charge on any atom is -0.319 e. The predicted octanol–water partition coefficient (Wildman–Crippen LogP) is 2.93. The highest BCUT2D eigenvalue weighted by molar-refractivity contribution is 6.07. The van der Waals surface area contributed by atoms with Crippen LogP contribution in [0.25, 0.3) is 0 Å². The van der Waals surface area contributed by atoms with E-state index in [-0.39, 0.29) is 17.9 Å². The number of hydrogen-bond acceptors (Lipinski definition) is 4. The Hall–Kier alpha value is -2.70. The van der Waals surface area contributed by atoms with Gasteiger partial charge in [0.15, 0.2) is 0 Å². The van der Waals surface area contributed by atoms with Crippen LogP contribution in [0.1, 0.15) is 29.5 Å². The number of amides is 3. The van der Waals surface area contributed by atoms with Gasteiger partial charge in [-0.15, -0.1) is 0 Å². The molecule has 2 aromatic rings. The van der Waals surface area contributed by atoms with E-state index in [1.54, 1.807) is 0 Å². The van der Waals surface area contributed by atoms with Crippen molar-refractivity contribution in [2.75, 3.05) is 32.8 Å². The second kappa shape index (κ2) is 8.09. The number of aryl methyl sites for hydroxylation is 1. The van der Waals surface area contributed by atoms with Crippen molar-refractivity contribution in [3.63, 3.8) is 0 Å². The highest BCUT2D eigenvalue weighted by Gasteiger charge is 2.60. The van der Waals surface area contributed by atoms with Crippen LogP contribution in [0.4, 0.5) is 4.79 Å². The Morgan fingerprint density at radius 1 is 0.935 bits per heavy atom. The van der Waals surface area contributed by atoms with E-state index in [1.807, 2.05) is 30.3 Å². The maximum Gasteiger partial charge on any atom is 0.326 e. The van der Waals surface area contributed by atoms with Gasteiger partial charge in [0.1, 0.15) is 5.54 Å². The third-order valence-electron chi connectivity index (χ3n) is 6.85. The van der Waals surface area contributed by atoms with Gasteiger partial charge in [-0.1, -0.05) is 60.2 Å². The molecule has 3 aliphatic rings. The first-order chi connectivity index (χ1) is 15.1. The van der Waals surface area contributed by atoms with Crippen molar-refractivity contribution < 1.29 is 9.59 Å². The molecule has 1 N–H and O–H groups in total. The topological polar surface area (TPSA) is 55.9 Å². The van der Waals surface area contributed by atoms with Gasteiger partial charge in [0.25, 0.3) is 5.91 Å². The average Bonchev–Trinajstić information content (AvgIpc) is 3.59. The molecule has 3 fully saturated rings. The van der Waals surface area contributed by atoms with E-state index in [9.17, 15) is 9.59 Å². The van der Waals surface area contributed by atoms with E-state index >= 15 is 0 Å². The standard InChI is InChI=1S/C25H30N4O2/c1-19-6-5-7-20(16-19)17-27-12-14-28(15-13-27)18-29-23(30)25(22-10-11-22,26-24(29)31)21-8-3-2-4-9-21/h2-9,16,22H,10-15,17-18H2,1H3,(H,26,31). The molecule has 0 spiro atoms. The number of carbonyl (C=O) groups excluding carboxylic acids is 2. The van der Waals surface area contributed by atoms with Crippen LogP contribution in [0.3, 0.4) is 0 Å². The number of urea groups is 1. The second-order valence-corrected chi connectivity index (χ2v) is 9.14. The number of nitrogens with one attached hydrogen (secondary N) is 1. The zero-order valence-electron chi connectivity index (χ0n) is 18.1. The lowest BCUT2D eigenvalue weighted by Gasteiger charge is -2.36. The third-order valence-corrected chi connectivity index (χ3v) is 6.85. The summed E-state index contributed by atoms with van der Waals surface area (Å²) >= 11 is 0. The number of piperazine rings is 1. The molecule has 3 amide bonds. The van der Waals surface area contributed by atoms with Crippen LogP contribution in [0.15, 0.2) is 54.6 Å². The lowest BCUT2D eigenvalue weighted by atomic mass is 9.85. The second-order valence-electron chi connectivity index (χ2n) is 9.14. The van der Waals surface area contributed by atoms with Gasteiger partial charge in [-0.2, -0.15) is 0 Å². The zero-order valence-corrected chi connectivity index (χ0v) is 18.1. The monoisotopic (exact) mass is 418 g/mol. The molecule has 1 saturated carbocycles. The molecule has 0 radical (unpaired) electrons. The van der Waals surface area contributed by atoms with Crippen LogP contribution >= 0.6 is 0 Å². The number of imide groups is 1. The molecule has 162 valence electrons. The van der Waals surface area contributed by atoms with E-state index in [0.29, 0.717) is 6.67 Å². The van der Waals surface area contributed by atoms with Gasteiger partial charge in [-0.25, -0.2) is 9.69 Å². The van der Waals surface area contributed by atoms with Crippen LogP contribution < -0.4 is 5.32 Å². The molecular weight excluding hydrogens is 388 g/mol. The molecule has 5 rings (SSSR count). The first kappa shape index (κ1) is 20.2. The zero-order chi connectivity index (χ0) is 21.4. The molecule has 2 saturated heterocycles. The Morgan fingerprint density at radius 3 is 2.32 bits per heavy atom. The van der Waals surface area contributed by atoms with Crippen molar-refractivity contribution in [3.05, 3.63) is 71.3 Å². The van der Waals surface area contributed by atoms with E-state index in [4.69, 9.17) is 0 Å². The molecule has 1 aliphatic carbocycles. The Kier molecular flexibility index (Phi) is 5.28. The molecule has 2 aromatic carbocycles. The summed E-state index contributed by atoms with van der Waals surface area (Å²) in [7, 11) is 0. The fourth-order valence-electron chi connectivity index (χ4n) is 5.01. The fraction of sp³-hybridized carbons (Fsp3) is 0.440. The van der Waals surface area contributed by atoms with E-state index in [0.717, 1.165) is 51.1 Å². The van der Waals surface area contributed by atoms with Crippen LogP contribution in [0.5, 0.6) is 0 Å². The summed E-state index contributed by atoms with van der Waals surface area (Å²) in [6.07, 6.45) is 1.96. The minimum atomic E-state index is -0.884. The first-order valence-electron chi connectivity index (χ1n) is 11.3. The van der Waals surface area contributed by atoms with Crippen LogP contribution in [-0.2, 0) is 16.9 Å². The molecule has 6 heteroatoms. The van der Waals surface area contributed by atoms with Crippen molar-refractivity contribution in [1.29, 1.82) is 0 Å². The van der Waals surface area contributed by atoms with Gasteiger partial charge in [0.2, 0.25) is 0 Å². The summed E-state index contributed by atoms with van der Waals surface area (Å²) < 4.78 is 0. The van der Waals surface area contributed by atoms with Gasteiger partial charge in [0, 0.05) is 32.7 Å². The number of nitrogens with zero attached hydrogens (tertiary/aromatic N) is 3. The quantitative estimate of drug-likeness (QED) is 0.733. The molecule has 0 aromatic heterocycles. The molecule has 1 atom stereocenters. The van der Waals surface area contributed by atoms with Crippen molar-refractivity contribution in [2.45, 2.75) is 31.8 Å². The fourth-order valence-corrected chi connectivity index (χ4v) is 5.01. The number of hydrogen-bond donors (Lipinski definition) is 1. The van der Waals surface area contributed by atoms with Gasteiger partial charge in [-0.3, -0.25) is 14.6 Å². The molecule has 0 bridgehead atoms. The lowest BCUT2D eigenvalue weighted by molar-refractivity contribution is -0.134. The highest BCUT2D eigenvalue weighted by Crippen LogP contribution is 2.48. The van der Waals surface area contributed by atoms with Crippen LogP contribution in [0.2, 0.25) is 0 Å². The van der Waals surface area contributed by atoms with Crippen molar-refractivity contribution in [2.24, 2.45) is 5.92 Å². The van der Waals surface area contributed by atoms with Gasteiger partial charge in [-0.05, 0) is 36.8 Å². The maximum absolute atomic E-state index is 13.5. The summed E-state index contributed by atoms with van der Waals surface area (Å²) in [5.74, 6) is 0.107. The Morgan fingerprint density at radius 2 is 1.65 bits per heavy atom. The van der Waals surface area contributed by atoms with Crippen LogP contribution in [-0.4, -0.2) is 59.5 Å². The molecule has 2 heterocycles. The predicted molar refractivity (Wildman–Crippen MR) is 119 cm³/mol. The summed E-state index contributed by atoms with van der Waals surface area (Å²) in [6, 6.07) is 18.1. The molecule has 6 nitrogen and oxygen atoms in total. The number of carbonyl (C=O) groups is 2. The Bertz CT molecular complexity index is 966. The number of benzene rings is 2. The minimum absolute atomic E-state index is 0.0895. The van der Waals surface area contributed by atoms with E-state index < -0.39 is 5.54 Å². The largest absolute Gasteiger partial charge is 0.326 e. The molecular formula is C25H30N4O2. The SMILES string of the molecule is Cc1cccc(CN2CCN(CN3C(=O)NC(c4ccccc4)(C4CC4)C3=O)CC2)c1. The smallest absolute Gasteiger partial charge is 0.319 e. The maximum atomic E-state index is 13.5. The number of rotatable bonds is 6. The van der Waals surface area contributed by atoms with E-state index in [2.05, 4.69) is 46.3 Å². The van der Waals surface area contributed by atoms with Crippen molar-refractivity contribution >= 4 is 11.9 Å². The van der Waals surface area contributed by atoms with Gasteiger partial charge < -0.3 is 5.32 Å². The lowest BCUT2D eigenvalue weighted by Crippen LogP contribution is -2.51. The summed E-state index contributed by atoms with van der Waals surface area (Å²) in [6.45, 7) is 7.00. The summed E-state index contributed by atoms with van der Waals surface area (Å²) in [4.78, 5) is 32.5. The normalized spacial score (nSPS) is 25.1. The van der Waals surface area contributed by atoms with Gasteiger partial charge in [0.05, 0.1) is 6.67 Å². The highest BCUT2D eigenvalue weighted by atomic mass is 16.2. The summed E-state index contributed by atoms with van der Waals surface area (Å²) in [5.41, 5.74) is 2.64. The molecule has 1 unspecified atom stereocenters. The van der Waals surface area contributed by atoms with Crippen molar-refractivity contribution in [1.82, 2.24) is 20.0 Å². The van der Waals surface area contributed by atoms with E-state index in [1.165, 1.54) is 16.0 Å². The third kappa shape index (κ3) is 3.86. The Labute approximate surface area is 183 Å². The first-order valence-corrected chi connectivity index (χ1v) is 11.3.